The molecule has 29 heavy (non-hydrogen) atoms. The van der Waals surface area contributed by atoms with Crippen molar-refractivity contribution in [2.24, 2.45) is 0 Å². The monoisotopic (exact) mass is 455 g/mol. The maximum atomic E-state index is 12.9. The summed E-state index contributed by atoms with van der Waals surface area (Å²) in [5.74, 6) is 1.10. The van der Waals surface area contributed by atoms with Gasteiger partial charge in [-0.2, -0.15) is 0 Å². The van der Waals surface area contributed by atoms with Gasteiger partial charge in [0, 0.05) is 24.2 Å². The first kappa shape index (κ1) is 23.2. The zero-order valence-electron chi connectivity index (χ0n) is 16.4. The quantitative estimate of drug-likeness (QED) is 0.505. The van der Waals surface area contributed by atoms with Gasteiger partial charge in [0.2, 0.25) is 0 Å². The molecule has 0 bridgehead atoms. The molecule has 0 atom stereocenters. The number of carbonyl (C=O) groups excluding carboxylic acids is 1. The number of aromatic nitrogens is 1. The van der Waals surface area contributed by atoms with Crippen LogP contribution in [0, 0.1) is 0 Å². The van der Waals surface area contributed by atoms with Gasteiger partial charge < -0.3 is 14.4 Å². The molecule has 0 aliphatic heterocycles. The van der Waals surface area contributed by atoms with Crippen molar-refractivity contribution in [2.45, 2.75) is 0 Å². The minimum Gasteiger partial charge on any atom is -0.497 e. The molecule has 156 valence electrons. The lowest BCUT2D eigenvalue weighted by Crippen LogP contribution is -2.39. The standard InChI is InChI=1S/C20H22ClN3O3S.ClH/c1-23(2)9-10-24(20-22-17-8-7-14(21)11-18(17)28-20)19(25)13-27-16-6-4-5-15(12-16)26-3;/h4-8,11-12H,9-10,13H2,1-3H3;1H. The Labute approximate surface area is 185 Å². The lowest BCUT2D eigenvalue weighted by atomic mass is 10.3. The van der Waals surface area contributed by atoms with Crippen molar-refractivity contribution in [1.29, 1.82) is 0 Å². The minimum atomic E-state index is -0.158. The lowest BCUT2D eigenvalue weighted by Gasteiger charge is -2.22. The Morgan fingerprint density at radius 2 is 1.90 bits per heavy atom. The third-order valence-corrected chi connectivity index (χ3v) is 5.32. The van der Waals surface area contributed by atoms with Crippen molar-refractivity contribution in [1.82, 2.24) is 9.88 Å². The molecule has 1 heterocycles. The average molecular weight is 456 g/mol. The van der Waals surface area contributed by atoms with E-state index in [9.17, 15) is 4.79 Å². The number of rotatable bonds is 8. The van der Waals surface area contributed by atoms with E-state index in [1.807, 2.05) is 43.3 Å². The fraction of sp³-hybridized carbons (Fsp3) is 0.300. The second-order valence-electron chi connectivity index (χ2n) is 6.42. The van der Waals surface area contributed by atoms with Crippen molar-refractivity contribution >= 4 is 56.6 Å². The molecule has 1 amide bonds. The number of anilines is 1. The van der Waals surface area contributed by atoms with Gasteiger partial charge in [-0.05, 0) is 44.4 Å². The van der Waals surface area contributed by atoms with E-state index in [4.69, 9.17) is 21.1 Å². The van der Waals surface area contributed by atoms with Gasteiger partial charge in [0.25, 0.3) is 5.91 Å². The van der Waals surface area contributed by atoms with Crippen LogP contribution in [0.5, 0.6) is 11.5 Å². The Morgan fingerprint density at radius 3 is 2.62 bits per heavy atom. The second-order valence-corrected chi connectivity index (χ2v) is 7.87. The summed E-state index contributed by atoms with van der Waals surface area (Å²) in [6.45, 7) is 1.14. The highest BCUT2D eigenvalue weighted by Gasteiger charge is 2.20. The highest BCUT2D eigenvalue weighted by atomic mass is 35.5. The number of thiazole rings is 1. The Bertz CT molecular complexity index is 965. The van der Waals surface area contributed by atoms with Crippen molar-refractivity contribution in [2.75, 3.05) is 45.8 Å². The smallest absolute Gasteiger partial charge is 0.266 e. The summed E-state index contributed by atoms with van der Waals surface area (Å²) in [5, 5.41) is 1.29. The molecule has 3 aromatic rings. The van der Waals surface area contributed by atoms with Crippen molar-refractivity contribution in [3.63, 3.8) is 0 Å². The lowest BCUT2D eigenvalue weighted by molar-refractivity contribution is -0.120. The molecule has 9 heteroatoms. The largest absolute Gasteiger partial charge is 0.497 e. The molecule has 0 spiro atoms. The predicted molar refractivity (Wildman–Crippen MR) is 121 cm³/mol. The van der Waals surface area contributed by atoms with Crippen LogP contribution in [0.25, 0.3) is 10.2 Å². The first-order chi connectivity index (χ1) is 13.5. The number of methoxy groups -OCH3 is 1. The number of benzene rings is 2. The first-order valence-corrected chi connectivity index (χ1v) is 9.94. The van der Waals surface area contributed by atoms with E-state index < -0.39 is 0 Å². The summed E-state index contributed by atoms with van der Waals surface area (Å²) in [6, 6.07) is 12.7. The average Bonchev–Trinajstić information content (AvgIpc) is 3.09. The number of likely N-dealkylation sites (N-methyl/N-ethyl adjacent to an activating group) is 1. The molecule has 0 saturated carbocycles. The number of hydrogen-bond donors (Lipinski definition) is 0. The third kappa shape index (κ3) is 6.21. The molecule has 0 saturated heterocycles. The van der Waals surface area contributed by atoms with Crippen LogP contribution >= 0.6 is 35.3 Å². The normalized spacial score (nSPS) is 10.7. The van der Waals surface area contributed by atoms with E-state index in [1.54, 1.807) is 30.2 Å². The van der Waals surface area contributed by atoms with Crippen LogP contribution in [0.15, 0.2) is 42.5 Å². The van der Waals surface area contributed by atoms with Crippen molar-refractivity contribution < 1.29 is 14.3 Å². The third-order valence-electron chi connectivity index (χ3n) is 4.05. The van der Waals surface area contributed by atoms with Crippen molar-refractivity contribution in [3.05, 3.63) is 47.5 Å². The van der Waals surface area contributed by atoms with E-state index in [0.29, 0.717) is 34.7 Å². The number of fused-ring (bicyclic) bond motifs is 1. The number of nitrogens with zero attached hydrogens (tertiary/aromatic N) is 3. The zero-order chi connectivity index (χ0) is 20.1. The number of amides is 1. The minimum absolute atomic E-state index is 0. The van der Waals surface area contributed by atoms with Crippen LogP contribution in [0.3, 0.4) is 0 Å². The van der Waals surface area contributed by atoms with Gasteiger partial charge in [-0.15, -0.1) is 12.4 Å². The Kier molecular flexibility index (Phi) is 8.52. The predicted octanol–water partition coefficient (Wildman–Crippen LogP) is 4.35. The first-order valence-electron chi connectivity index (χ1n) is 8.74. The molecule has 0 fully saturated rings. The molecule has 0 aliphatic carbocycles. The van der Waals surface area contributed by atoms with E-state index in [1.165, 1.54) is 11.3 Å². The van der Waals surface area contributed by atoms with Gasteiger partial charge in [-0.25, -0.2) is 4.98 Å². The second kappa shape index (κ2) is 10.6. The number of hydrogen-bond acceptors (Lipinski definition) is 6. The number of halogens is 2. The summed E-state index contributed by atoms with van der Waals surface area (Å²) in [6.07, 6.45) is 0. The fourth-order valence-electron chi connectivity index (χ4n) is 2.54. The summed E-state index contributed by atoms with van der Waals surface area (Å²) >= 11 is 7.52. The van der Waals surface area contributed by atoms with Crippen LogP contribution < -0.4 is 14.4 Å². The van der Waals surface area contributed by atoms with E-state index in [0.717, 1.165) is 10.2 Å². The number of carbonyl (C=O) groups is 1. The van der Waals surface area contributed by atoms with Gasteiger partial charge in [-0.1, -0.05) is 29.0 Å². The molecule has 0 N–H and O–H groups in total. The topological polar surface area (TPSA) is 54.9 Å². The van der Waals surface area contributed by atoms with E-state index in [-0.39, 0.29) is 24.9 Å². The molecule has 0 aliphatic rings. The zero-order valence-corrected chi connectivity index (χ0v) is 18.8. The SMILES string of the molecule is COc1cccc(OCC(=O)N(CCN(C)C)c2nc3ccc(Cl)cc3s2)c1.Cl. The summed E-state index contributed by atoms with van der Waals surface area (Å²) in [7, 11) is 5.52. The van der Waals surface area contributed by atoms with E-state index >= 15 is 0 Å². The molecular weight excluding hydrogens is 433 g/mol. The number of ether oxygens (including phenoxy) is 2. The van der Waals surface area contributed by atoms with Gasteiger partial charge in [0.1, 0.15) is 11.5 Å². The molecule has 0 radical (unpaired) electrons. The summed E-state index contributed by atoms with van der Waals surface area (Å²) < 4.78 is 11.8. The summed E-state index contributed by atoms with van der Waals surface area (Å²) in [4.78, 5) is 21.2. The molecular formula is C20H23Cl2N3O3S. The van der Waals surface area contributed by atoms with Crippen LogP contribution in [0.2, 0.25) is 5.02 Å². The Balaban J connectivity index is 0.00000300. The molecule has 1 aromatic heterocycles. The Hall–Kier alpha value is -2.06. The molecule has 3 rings (SSSR count). The van der Waals surface area contributed by atoms with Crippen LogP contribution in [-0.2, 0) is 4.79 Å². The molecule has 0 unspecified atom stereocenters. The fourth-order valence-corrected chi connectivity index (χ4v) is 3.83. The van der Waals surface area contributed by atoms with Gasteiger partial charge in [-0.3, -0.25) is 9.69 Å². The molecule has 2 aromatic carbocycles. The highest BCUT2D eigenvalue weighted by Crippen LogP contribution is 2.31. The maximum Gasteiger partial charge on any atom is 0.266 e. The maximum absolute atomic E-state index is 12.9. The Morgan fingerprint density at radius 1 is 1.14 bits per heavy atom. The van der Waals surface area contributed by atoms with Gasteiger partial charge in [0.05, 0.1) is 17.3 Å². The van der Waals surface area contributed by atoms with Crippen molar-refractivity contribution in [3.8, 4) is 11.5 Å². The van der Waals surface area contributed by atoms with Gasteiger partial charge >= 0.3 is 0 Å². The van der Waals surface area contributed by atoms with Crippen LogP contribution in [-0.4, -0.2) is 56.7 Å². The van der Waals surface area contributed by atoms with E-state index in [2.05, 4.69) is 4.98 Å². The van der Waals surface area contributed by atoms with Crippen LogP contribution in [0.1, 0.15) is 0 Å². The van der Waals surface area contributed by atoms with Gasteiger partial charge in [0.15, 0.2) is 11.7 Å². The summed E-state index contributed by atoms with van der Waals surface area (Å²) in [5.41, 5.74) is 0.820. The van der Waals surface area contributed by atoms with Crippen LogP contribution in [0.4, 0.5) is 5.13 Å². The molecule has 6 nitrogen and oxygen atoms in total. The highest BCUT2D eigenvalue weighted by molar-refractivity contribution is 7.22.